The zero-order chi connectivity index (χ0) is 16.0. The van der Waals surface area contributed by atoms with Crippen LogP contribution in [-0.4, -0.2) is 44.0 Å². The lowest BCUT2D eigenvalue weighted by Crippen LogP contribution is -2.43. The van der Waals surface area contributed by atoms with E-state index >= 15 is 0 Å². The highest BCUT2D eigenvalue weighted by Gasteiger charge is 2.39. The average Bonchev–Trinajstić information content (AvgIpc) is 2.94. The molecule has 0 N–H and O–H groups in total. The first kappa shape index (κ1) is 15.7. The quantitative estimate of drug-likeness (QED) is 0.826. The molecule has 2 fully saturated rings. The number of piperidine rings is 1. The van der Waals surface area contributed by atoms with Crippen LogP contribution < -0.4 is 0 Å². The van der Waals surface area contributed by atoms with Crippen molar-refractivity contribution in [2.75, 3.05) is 26.3 Å². The van der Waals surface area contributed by atoms with Crippen LogP contribution in [0.3, 0.4) is 0 Å². The van der Waals surface area contributed by atoms with E-state index in [-0.39, 0.29) is 10.9 Å². The number of ether oxygens (including phenoxy) is 1. The molecule has 5 nitrogen and oxygen atoms in total. The maximum atomic E-state index is 12.5. The molecule has 2 saturated heterocycles. The largest absolute Gasteiger partial charge is 0.417 e. The number of halogens is 3. The van der Waals surface area contributed by atoms with Crippen molar-refractivity contribution in [3.05, 3.63) is 23.9 Å². The van der Waals surface area contributed by atoms with Gasteiger partial charge in [0.15, 0.2) is 5.03 Å². The van der Waals surface area contributed by atoms with E-state index in [1.54, 1.807) is 0 Å². The fourth-order valence-electron chi connectivity index (χ4n) is 2.88. The molecule has 0 saturated carbocycles. The minimum absolute atomic E-state index is 0.151. The molecule has 0 spiro atoms. The van der Waals surface area contributed by atoms with E-state index in [4.69, 9.17) is 4.74 Å². The summed E-state index contributed by atoms with van der Waals surface area (Å²) in [6.45, 7) is 1.85. The van der Waals surface area contributed by atoms with E-state index in [9.17, 15) is 21.6 Å². The third-order valence-corrected chi connectivity index (χ3v) is 5.97. The Hall–Kier alpha value is -1.19. The molecule has 0 bridgehead atoms. The summed E-state index contributed by atoms with van der Waals surface area (Å²) in [4.78, 5) is 3.50. The first-order valence-electron chi connectivity index (χ1n) is 6.89. The third-order valence-electron chi connectivity index (χ3n) is 4.19. The average molecular weight is 336 g/mol. The summed E-state index contributed by atoms with van der Waals surface area (Å²) in [5.74, 6) is 0.519. The van der Waals surface area contributed by atoms with Crippen molar-refractivity contribution < 1.29 is 26.3 Å². The van der Waals surface area contributed by atoms with Gasteiger partial charge in [-0.25, -0.2) is 13.4 Å². The lowest BCUT2D eigenvalue weighted by atomic mass is 9.90. The Labute approximate surface area is 126 Å². The standard InChI is InChI=1S/C13H15F3N2O3S/c14-13(15,16)11-1-2-12(17-5-11)22(19,20)18-4-3-9-7-21-8-10(9)6-18/h1-2,5,9-10H,3-4,6-8H2. The van der Waals surface area contributed by atoms with E-state index in [1.165, 1.54) is 4.31 Å². The Morgan fingerprint density at radius 3 is 2.59 bits per heavy atom. The van der Waals surface area contributed by atoms with Crippen LogP contribution in [0, 0.1) is 11.8 Å². The zero-order valence-electron chi connectivity index (χ0n) is 11.6. The van der Waals surface area contributed by atoms with Gasteiger partial charge in [0.05, 0.1) is 12.2 Å². The number of sulfonamides is 1. The molecule has 0 aromatic carbocycles. The van der Waals surface area contributed by atoms with Crippen molar-refractivity contribution in [1.29, 1.82) is 0 Å². The van der Waals surface area contributed by atoms with E-state index < -0.39 is 21.8 Å². The predicted octanol–water partition coefficient (Wildman–Crippen LogP) is 1.76. The number of fused-ring (bicyclic) bond motifs is 1. The summed E-state index contributed by atoms with van der Waals surface area (Å²) in [5, 5.41) is -0.349. The molecule has 122 valence electrons. The maximum Gasteiger partial charge on any atom is 0.417 e. The van der Waals surface area contributed by atoms with Crippen LogP contribution in [0.4, 0.5) is 13.2 Å². The highest BCUT2D eigenvalue weighted by atomic mass is 32.2. The smallest absolute Gasteiger partial charge is 0.381 e. The molecule has 0 aliphatic carbocycles. The molecule has 9 heteroatoms. The topological polar surface area (TPSA) is 59.5 Å². The van der Waals surface area contributed by atoms with Crippen LogP contribution >= 0.6 is 0 Å². The number of hydrogen-bond acceptors (Lipinski definition) is 4. The van der Waals surface area contributed by atoms with Crippen LogP contribution in [0.5, 0.6) is 0 Å². The van der Waals surface area contributed by atoms with Crippen LogP contribution in [0.15, 0.2) is 23.4 Å². The zero-order valence-corrected chi connectivity index (χ0v) is 12.4. The Bertz CT molecular complexity index is 645. The lowest BCUT2D eigenvalue weighted by molar-refractivity contribution is -0.137. The molecule has 1 aromatic heterocycles. The van der Waals surface area contributed by atoms with Crippen molar-refractivity contribution in [3.8, 4) is 0 Å². The molecular weight excluding hydrogens is 321 g/mol. The fourth-order valence-corrected chi connectivity index (χ4v) is 4.30. The van der Waals surface area contributed by atoms with Crippen molar-refractivity contribution in [3.63, 3.8) is 0 Å². The van der Waals surface area contributed by atoms with E-state index in [1.807, 2.05) is 0 Å². The van der Waals surface area contributed by atoms with E-state index in [0.717, 1.165) is 12.1 Å². The number of pyridine rings is 1. The van der Waals surface area contributed by atoms with Crippen molar-refractivity contribution >= 4 is 10.0 Å². The van der Waals surface area contributed by atoms with Crippen LogP contribution in [0.2, 0.25) is 0 Å². The van der Waals surface area contributed by atoms with Gasteiger partial charge >= 0.3 is 6.18 Å². The number of nitrogens with zero attached hydrogens (tertiary/aromatic N) is 2. The first-order valence-corrected chi connectivity index (χ1v) is 8.33. The number of hydrogen-bond donors (Lipinski definition) is 0. The lowest BCUT2D eigenvalue weighted by Gasteiger charge is -2.32. The summed E-state index contributed by atoms with van der Waals surface area (Å²) in [5.41, 5.74) is -0.964. The van der Waals surface area contributed by atoms with Gasteiger partial charge in [0.1, 0.15) is 0 Å². The third kappa shape index (κ3) is 2.84. The number of rotatable bonds is 2. The Balaban J connectivity index is 1.81. The normalized spacial score (nSPS) is 26.9. The summed E-state index contributed by atoms with van der Waals surface area (Å²) >= 11 is 0. The number of alkyl halides is 3. The molecule has 0 radical (unpaired) electrons. The van der Waals surface area contributed by atoms with Gasteiger partial charge in [-0.3, -0.25) is 0 Å². The minimum Gasteiger partial charge on any atom is -0.381 e. The van der Waals surface area contributed by atoms with E-state index in [2.05, 4.69) is 4.98 Å². The Kier molecular flexibility index (Phi) is 3.90. The summed E-state index contributed by atoms with van der Waals surface area (Å²) in [6, 6.07) is 1.65. The second-order valence-corrected chi connectivity index (χ2v) is 7.48. The van der Waals surface area contributed by atoms with Gasteiger partial charge in [-0.2, -0.15) is 17.5 Å². The SMILES string of the molecule is O=S(=O)(c1ccc(C(F)(F)F)cn1)N1CCC2COCC2C1. The Morgan fingerprint density at radius 2 is 1.95 bits per heavy atom. The van der Waals surface area contributed by atoms with Crippen LogP contribution in [0.25, 0.3) is 0 Å². The van der Waals surface area contributed by atoms with Gasteiger partial charge in [0, 0.05) is 31.8 Å². The van der Waals surface area contributed by atoms with Crippen LogP contribution in [-0.2, 0) is 20.9 Å². The molecule has 2 atom stereocenters. The van der Waals surface area contributed by atoms with Gasteiger partial charge < -0.3 is 4.74 Å². The summed E-state index contributed by atoms with van der Waals surface area (Å²) < 4.78 is 69.1. The number of aromatic nitrogens is 1. The van der Waals surface area contributed by atoms with Gasteiger partial charge in [0.2, 0.25) is 0 Å². The van der Waals surface area contributed by atoms with Crippen molar-refractivity contribution in [1.82, 2.24) is 9.29 Å². The van der Waals surface area contributed by atoms with Gasteiger partial charge in [-0.1, -0.05) is 0 Å². The van der Waals surface area contributed by atoms with Gasteiger partial charge in [-0.15, -0.1) is 0 Å². The van der Waals surface area contributed by atoms with E-state index in [0.29, 0.717) is 44.8 Å². The van der Waals surface area contributed by atoms with Gasteiger partial charge in [0.25, 0.3) is 10.0 Å². The molecule has 3 heterocycles. The molecule has 2 unspecified atom stereocenters. The fraction of sp³-hybridized carbons (Fsp3) is 0.615. The summed E-state index contributed by atoms with van der Waals surface area (Å²) in [7, 11) is -3.86. The molecule has 2 aliphatic rings. The molecular formula is C13H15F3N2O3S. The van der Waals surface area contributed by atoms with Crippen LogP contribution in [0.1, 0.15) is 12.0 Å². The second kappa shape index (κ2) is 5.47. The minimum atomic E-state index is -4.53. The van der Waals surface area contributed by atoms with Gasteiger partial charge in [-0.05, 0) is 24.5 Å². The monoisotopic (exact) mass is 336 g/mol. The molecule has 22 heavy (non-hydrogen) atoms. The Morgan fingerprint density at radius 1 is 1.23 bits per heavy atom. The molecule has 3 rings (SSSR count). The predicted molar refractivity (Wildman–Crippen MR) is 70.4 cm³/mol. The maximum absolute atomic E-state index is 12.5. The molecule has 0 amide bonds. The molecule has 1 aromatic rings. The van der Waals surface area contributed by atoms with Crippen molar-refractivity contribution in [2.45, 2.75) is 17.6 Å². The first-order chi connectivity index (χ1) is 10.3. The highest BCUT2D eigenvalue weighted by Crippen LogP contribution is 2.33. The van der Waals surface area contributed by atoms with Crippen molar-refractivity contribution in [2.24, 2.45) is 11.8 Å². The highest BCUT2D eigenvalue weighted by molar-refractivity contribution is 7.89. The molecule has 2 aliphatic heterocycles. The summed E-state index contributed by atoms with van der Waals surface area (Å²) in [6.07, 6.45) is -3.28. The second-order valence-electron chi connectivity index (χ2n) is 5.59.